The molecule has 0 bridgehead atoms. The van der Waals surface area contributed by atoms with Gasteiger partial charge in [0.05, 0.1) is 0 Å². The summed E-state index contributed by atoms with van der Waals surface area (Å²) in [5.41, 5.74) is 0.388. The van der Waals surface area contributed by atoms with Crippen molar-refractivity contribution in [3.8, 4) is 0 Å². The van der Waals surface area contributed by atoms with Crippen LogP contribution in [0, 0.1) is 10.8 Å². The fourth-order valence-corrected chi connectivity index (χ4v) is 2.78. The maximum Gasteiger partial charge on any atom is 0.222 e. The summed E-state index contributed by atoms with van der Waals surface area (Å²) in [7, 11) is 0. The average molecular weight is 269 g/mol. The molecule has 3 heteroatoms. The predicted octanol–water partition coefficient (Wildman–Crippen LogP) is 3.21. The van der Waals surface area contributed by atoms with E-state index < -0.39 is 0 Å². The first-order chi connectivity index (χ1) is 8.82. The SMILES string of the molecule is CCC1(CO)CCN(C(=O)CCCC(C)(C)C)CC1. The molecule has 1 heterocycles. The van der Waals surface area contributed by atoms with E-state index in [9.17, 15) is 9.90 Å². The standard InChI is InChI=1S/C16H31NO2/c1-5-16(13-18)9-11-17(12-10-16)14(19)7-6-8-15(2,3)4/h18H,5-13H2,1-4H3. The maximum atomic E-state index is 12.1. The van der Waals surface area contributed by atoms with E-state index in [-0.39, 0.29) is 12.0 Å². The second-order valence-electron chi connectivity index (χ2n) is 7.31. The van der Waals surface area contributed by atoms with Gasteiger partial charge < -0.3 is 10.0 Å². The van der Waals surface area contributed by atoms with Gasteiger partial charge in [0.1, 0.15) is 0 Å². The fraction of sp³-hybridized carbons (Fsp3) is 0.938. The Labute approximate surface area is 118 Å². The fourth-order valence-electron chi connectivity index (χ4n) is 2.78. The smallest absolute Gasteiger partial charge is 0.222 e. The third-order valence-electron chi connectivity index (χ3n) is 4.58. The van der Waals surface area contributed by atoms with E-state index in [1.165, 1.54) is 0 Å². The number of aliphatic hydroxyl groups excluding tert-OH is 1. The molecule has 1 aliphatic heterocycles. The third kappa shape index (κ3) is 5.13. The molecule has 0 aromatic carbocycles. The molecule has 19 heavy (non-hydrogen) atoms. The Morgan fingerprint density at radius 3 is 2.26 bits per heavy atom. The van der Waals surface area contributed by atoms with Crippen molar-refractivity contribution in [2.45, 2.75) is 66.2 Å². The van der Waals surface area contributed by atoms with E-state index in [0.717, 1.165) is 45.2 Å². The van der Waals surface area contributed by atoms with Gasteiger partial charge in [0.25, 0.3) is 0 Å². The van der Waals surface area contributed by atoms with E-state index >= 15 is 0 Å². The molecule has 0 aromatic rings. The zero-order valence-electron chi connectivity index (χ0n) is 13.2. The molecule has 0 spiro atoms. The number of piperidine rings is 1. The van der Waals surface area contributed by atoms with Crippen molar-refractivity contribution in [3.63, 3.8) is 0 Å². The minimum Gasteiger partial charge on any atom is -0.396 e. The second-order valence-corrected chi connectivity index (χ2v) is 7.31. The van der Waals surface area contributed by atoms with Crippen LogP contribution in [0.1, 0.15) is 66.2 Å². The molecule has 1 fully saturated rings. The first-order valence-corrected chi connectivity index (χ1v) is 7.70. The Morgan fingerprint density at radius 1 is 1.26 bits per heavy atom. The van der Waals surface area contributed by atoms with Crippen molar-refractivity contribution < 1.29 is 9.90 Å². The molecular formula is C16H31NO2. The summed E-state index contributed by atoms with van der Waals surface area (Å²) in [6.07, 6.45) is 5.67. The summed E-state index contributed by atoms with van der Waals surface area (Å²) >= 11 is 0. The highest BCUT2D eigenvalue weighted by molar-refractivity contribution is 5.76. The number of aliphatic hydroxyl groups is 1. The van der Waals surface area contributed by atoms with E-state index in [0.29, 0.717) is 17.7 Å². The summed E-state index contributed by atoms with van der Waals surface area (Å²) < 4.78 is 0. The minimum atomic E-state index is 0.0716. The zero-order valence-corrected chi connectivity index (χ0v) is 13.2. The summed E-state index contributed by atoms with van der Waals surface area (Å²) in [6.45, 7) is 10.7. The normalized spacial score (nSPS) is 19.5. The van der Waals surface area contributed by atoms with Crippen molar-refractivity contribution in [2.24, 2.45) is 10.8 Å². The van der Waals surface area contributed by atoms with Crippen LogP contribution < -0.4 is 0 Å². The average Bonchev–Trinajstić information content (AvgIpc) is 2.37. The largest absolute Gasteiger partial charge is 0.396 e. The second kappa shape index (κ2) is 6.74. The highest BCUT2D eigenvalue weighted by Gasteiger charge is 2.33. The summed E-state index contributed by atoms with van der Waals surface area (Å²) in [5.74, 6) is 0.298. The molecule has 0 aromatic heterocycles. The highest BCUT2D eigenvalue weighted by Crippen LogP contribution is 2.34. The van der Waals surface area contributed by atoms with Crippen LogP contribution in [0.2, 0.25) is 0 Å². The predicted molar refractivity (Wildman–Crippen MR) is 78.9 cm³/mol. The van der Waals surface area contributed by atoms with Gasteiger partial charge in [-0.05, 0) is 42.9 Å². The van der Waals surface area contributed by atoms with Crippen LogP contribution in [0.3, 0.4) is 0 Å². The molecule has 112 valence electrons. The summed E-state index contributed by atoms with van der Waals surface area (Å²) in [4.78, 5) is 14.1. The van der Waals surface area contributed by atoms with Gasteiger partial charge >= 0.3 is 0 Å². The Bertz CT molecular complexity index is 280. The van der Waals surface area contributed by atoms with E-state index in [1.54, 1.807) is 0 Å². The molecule has 1 aliphatic rings. The topological polar surface area (TPSA) is 40.5 Å². The van der Waals surface area contributed by atoms with Crippen LogP contribution in [0.15, 0.2) is 0 Å². The molecule has 0 saturated carbocycles. The molecule has 0 atom stereocenters. The molecule has 0 radical (unpaired) electrons. The van der Waals surface area contributed by atoms with Crippen LogP contribution in [0.25, 0.3) is 0 Å². The number of carbonyl (C=O) groups excluding carboxylic acids is 1. The quantitative estimate of drug-likeness (QED) is 0.832. The van der Waals surface area contributed by atoms with Crippen LogP contribution in [0.5, 0.6) is 0 Å². The van der Waals surface area contributed by atoms with Crippen molar-refractivity contribution in [1.29, 1.82) is 0 Å². The molecule has 1 amide bonds. The lowest BCUT2D eigenvalue weighted by Gasteiger charge is -2.40. The van der Waals surface area contributed by atoms with E-state index in [2.05, 4.69) is 27.7 Å². The van der Waals surface area contributed by atoms with Crippen molar-refractivity contribution in [1.82, 2.24) is 4.90 Å². The first kappa shape index (κ1) is 16.5. The number of rotatable bonds is 5. The summed E-state index contributed by atoms with van der Waals surface area (Å²) in [5, 5.41) is 9.49. The number of hydrogen-bond acceptors (Lipinski definition) is 2. The van der Waals surface area contributed by atoms with Crippen LogP contribution >= 0.6 is 0 Å². The van der Waals surface area contributed by atoms with Gasteiger partial charge in [-0.3, -0.25) is 4.79 Å². The van der Waals surface area contributed by atoms with Crippen molar-refractivity contribution in [3.05, 3.63) is 0 Å². The Kier molecular flexibility index (Phi) is 5.84. The number of carbonyl (C=O) groups is 1. The highest BCUT2D eigenvalue weighted by atomic mass is 16.3. The lowest BCUT2D eigenvalue weighted by Crippen LogP contribution is -2.44. The lowest BCUT2D eigenvalue weighted by molar-refractivity contribution is -0.134. The number of amides is 1. The van der Waals surface area contributed by atoms with Gasteiger partial charge in [-0.15, -0.1) is 0 Å². The van der Waals surface area contributed by atoms with Crippen molar-refractivity contribution >= 4 is 5.91 Å². The Balaban J connectivity index is 2.33. The zero-order chi connectivity index (χ0) is 14.5. The van der Waals surface area contributed by atoms with Gasteiger partial charge in [-0.2, -0.15) is 0 Å². The molecule has 3 nitrogen and oxygen atoms in total. The Morgan fingerprint density at radius 2 is 1.84 bits per heavy atom. The number of nitrogens with zero attached hydrogens (tertiary/aromatic N) is 1. The molecular weight excluding hydrogens is 238 g/mol. The molecule has 1 N–H and O–H groups in total. The molecule has 1 saturated heterocycles. The number of hydrogen-bond donors (Lipinski definition) is 1. The van der Waals surface area contributed by atoms with Crippen LogP contribution in [-0.4, -0.2) is 35.6 Å². The van der Waals surface area contributed by atoms with E-state index in [4.69, 9.17) is 0 Å². The molecule has 1 rings (SSSR count). The third-order valence-corrected chi connectivity index (χ3v) is 4.58. The van der Waals surface area contributed by atoms with Gasteiger partial charge in [-0.1, -0.05) is 27.7 Å². The summed E-state index contributed by atoms with van der Waals surface area (Å²) in [6, 6.07) is 0. The van der Waals surface area contributed by atoms with Gasteiger partial charge in [-0.25, -0.2) is 0 Å². The van der Waals surface area contributed by atoms with E-state index in [1.807, 2.05) is 4.90 Å². The van der Waals surface area contributed by atoms with Gasteiger partial charge in [0, 0.05) is 26.1 Å². The first-order valence-electron chi connectivity index (χ1n) is 7.70. The molecule has 0 aliphatic carbocycles. The monoisotopic (exact) mass is 269 g/mol. The maximum absolute atomic E-state index is 12.1. The molecule has 0 unspecified atom stereocenters. The Hall–Kier alpha value is -0.570. The van der Waals surface area contributed by atoms with Gasteiger partial charge in [0.15, 0.2) is 0 Å². The minimum absolute atomic E-state index is 0.0716. The van der Waals surface area contributed by atoms with Crippen LogP contribution in [0.4, 0.5) is 0 Å². The number of likely N-dealkylation sites (tertiary alicyclic amines) is 1. The van der Waals surface area contributed by atoms with Crippen molar-refractivity contribution in [2.75, 3.05) is 19.7 Å². The van der Waals surface area contributed by atoms with Crippen LogP contribution in [-0.2, 0) is 4.79 Å². The van der Waals surface area contributed by atoms with Gasteiger partial charge in [0.2, 0.25) is 5.91 Å². The lowest BCUT2D eigenvalue weighted by atomic mass is 9.77.